The zero-order chi connectivity index (χ0) is 9.97. The molecule has 2 rings (SSSR count). The predicted molar refractivity (Wildman–Crippen MR) is 50.3 cm³/mol. The topological polar surface area (TPSA) is 70.7 Å². The number of nitrogens with zero attached hydrogens (tertiary/aromatic N) is 2. The van der Waals surface area contributed by atoms with Crippen molar-refractivity contribution in [3.63, 3.8) is 0 Å². The molecule has 14 heavy (non-hydrogen) atoms. The Morgan fingerprint density at radius 2 is 2.43 bits per heavy atom. The van der Waals surface area contributed by atoms with Crippen molar-refractivity contribution in [1.82, 2.24) is 20.5 Å². The Bertz CT molecular complexity index is 355. The van der Waals surface area contributed by atoms with E-state index in [4.69, 9.17) is 0 Å². The van der Waals surface area contributed by atoms with Gasteiger partial charge < -0.3 is 5.32 Å². The van der Waals surface area contributed by atoms with Crippen LogP contribution < -0.4 is 5.32 Å². The lowest BCUT2D eigenvalue weighted by Gasteiger charge is -2.12. The minimum atomic E-state index is 0.0645. The lowest BCUT2D eigenvalue weighted by molar-refractivity contribution is -0.114. The number of carbonyl (C=O) groups excluding carboxylic acids is 1. The maximum Gasteiger partial charge on any atom is 0.157 e. The highest BCUT2D eigenvalue weighted by Gasteiger charge is 2.15. The standard InChI is InChI=1S/C9H12N4O/c1-6(9-10-5-11-13-9)12-7-2-3-8(14)4-7/h4-6,12H,2-3H2,1H3,(H,10,11,13). The number of carbonyl (C=O) groups is 1. The number of aromatic amines is 1. The summed E-state index contributed by atoms with van der Waals surface area (Å²) in [5.74, 6) is 0.975. The number of allylic oxidation sites excluding steroid dienone is 2. The van der Waals surface area contributed by atoms with E-state index in [0.29, 0.717) is 6.42 Å². The number of aromatic nitrogens is 3. The first kappa shape index (κ1) is 8.93. The van der Waals surface area contributed by atoms with Crippen LogP contribution in [-0.4, -0.2) is 21.0 Å². The van der Waals surface area contributed by atoms with Crippen LogP contribution in [-0.2, 0) is 4.79 Å². The van der Waals surface area contributed by atoms with Crippen molar-refractivity contribution in [2.24, 2.45) is 0 Å². The van der Waals surface area contributed by atoms with E-state index in [1.165, 1.54) is 6.33 Å². The number of hydrogen-bond donors (Lipinski definition) is 2. The lowest BCUT2D eigenvalue weighted by atomic mass is 10.3. The first-order valence-corrected chi connectivity index (χ1v) is 4.61. The molecule has 0 amide bonds. The SMILES string of the molecule is CC(NC1=CC(=O)CC1)c1ncn[nH]1. The Labute approximate surface area is 81.6 Å². The van der Waals surface area contributed by atoms with E-state index in [0.717, 1.165) is 17.9 Å². The Hall–Kier alpha value is -1.65. The van der Waals surface area contributed by atoms with E-state index in [-0.39, 0.29) is 11.8 Å². The molecular weight excluding hydrogens is 180 g/mol. The third-order valence-corrected chi connectivity index (χ3v) is 2.22. The van der Waals surface area contributed by atoms with Gasteiger partial charge in [0.1, 0.15) is 12.2 Å². The Morgan fingerprint density at radius 1 is 1.57 bits per heavy atom. The van der Waals surface area contributed by atoms with Crippen molar-refractivity contribution in [1.29, 1.82) is 0 Å². The molecule has 0 spiro atoms. The summed E-state index contributed by atoms with van der Waals surface area (Å²) in [6.07, 6.45) is 4.55. The summed E-state index contributed by atoms with van der Waals surface area (Å²) in [7, 11) is 0. The summed E-state index contributed by atoms with van der Waals surface area (Å²) in [6.45, 7) is 1.98. The largest absolute Gasteiger partial charge is 0.379 e. The average molecular weight is 192 g/mol. The molecule has 0 saturated heterocycles. The molecule has 1 aliphatic carbocycles. The summed E-state index contributed by atoms with van der Waals surface area (Å²) in [4.78, 5) is 15.0. The molecule has 0 saturated carbocycles. The number of hydrogen-bond acceptors (Lipinski definition) is 4. The van der Waals surface area contributed by atoms with E-state index in [2.05, 4.69) is 20.5 Å². The molecule has 1 aliphatic rings. The summed E-state index contributed by atoms with van der Waals surface area (Å²) >= 11 is 0. The Kier molecular flexibility index (Phi) is 2.30. The zero-order valence-electron chi connectivity index (χ0n) is 7.95. The van der Waals surface area contributed by atoms with Crippen LogP contribution in [0, 0.1) is 0 Å². The number of H-pyrrole nitrogens is 1. The van der Waals surface area contributed by atoms with Gasteiger partial charge in [0.25, 0.3) is 0 Å². The normalized spacial score (nSPS) is 18.1. The highest BCUT2D eigenvalue weighted by molar-refractivity contribution is 5.92. The molecular formula is C9H12N4O. The van der Waals surface area contributed by atoms with Gasteiger partial charge in [-0.2, -0.15) is 5.10 Å². The van der Waals surface area contributed by atoms with Crippen molar-refractivity contribution >= 4 is 5.78 Å². The quantitative estimate of drug-likeness (QED) is 0.739. The molecule has 74 valence electrons. The molecule has 0 aromatic carbocycles. The molecule has 5 heteroatoms. The van der Waals surface area contributed by atoms with Crippen LogP contribution in [0.5, 0.6) is 0 Å². The van der Waals surface area contributed by atoms with Gasteiger partial charge in [0.15, 0.2) is 5.78 Å². The minimum Gasteiger partial charge on any atom is -0.379 e. The van der Waals surface area contributed by atoms with E-state index >= 15 is 0 Å². The highest BCUT2D eigenvalue weighted by atomic mass is 16.1. The second kappa shape index (κ2) is 3.61. The fraction of sp³-hybridized carbons (Fsp3) is 0.444. The van der Waals surface area contributed by atoms with Gasteiger partial charge in [-0.1, -0.05) is 0 Å². The van der Waals surface area contributed by atoms with Gasteiger partial charge >= 0.3 is 0 Å². The van der Waals surface area contributed by atoms with Crippen LogP contribution in [0.15, 0.2) is 18.1 Å². The smallest absolute Gasteiger partial charge is 0.157 e. The molecule has 1 aromatic rings. The Morgan fingerprint density at radius 3 is 3.00 bits per heavy atom. The molecule has 5 nitrogen and oxygen atoms in total. The monoisotopic (exact) mass is 192 g/mol. The molecule has 0 fully saturated rings. The molecule has 0 radical (unpaired) electrons. The van der Waals surface area contributed by atoms with Gasteiger partial charge in [-0.25, -0.2) is 4.98 Å². The van der Waals surface area contributed by atoms with Gasteiger partial charge in [0.05, 0.1) is 6.04 Å². The number of nitrogens with one attached hydrogen (secondary N) is 2. The van der Waals surface area contributed by atoms with Gasteiger partial charge in [-0.3, -0.25) is 9.89 Å². The maximum absolute atomic E-state index is 11.0. The highest BCUT2D eigenvalue weighted by Crippen LogP contribution is 2.16. The van der Waals surface area contributed by atoms with Gasteiger partial charge in [-0.05, 0) is 13.3 Å². The van der Waals surface area contributed by atoms with Crippen LogP contribution in [0.4, 0.5) is 0 Å². The average Bonchev–Trinajstić information content (AvgIpc) is 2.75. The van der Waals surface area contributed by atoms with Crippen molar-refractivity contribution in [3.05, 3.63) is 23.9 Å². The van der Waals surface area contributed by atoms with Gasteiger partial charge in [0, 0.05) is 18.2 Å². The second-order valence-corrected chi connectivity index (χ2v) is 3.37. The molecule has 1 aromatic heterocycles. The molecule has 1 atom stereocenters. The maximum atomic E-state index is 11.0. The second-order valence-electron chi connectivity index (χ2n) is 3.37. The summed E-state index contributed by atoms with van der Waals surface area (Å²) in [5, 5.41) is 9.77. The van der Waals surface area contributed by atoms with Crippen LogP contribution in [0.2, 0.25) is 0 Å². The molecule has 1 heterocycles. The third-order valence-electron chi connectivity index (χ3n) is 2.22. The predicted octanol–water partition coefficient (Wildman–Crippen LogP) is 0.702. The molecule has 2 N–H and O–H groups in total. The van der Waals surface area contributed by atoms with E-state index in [1.807, 2.05) is 6.92 Å². The first-order chi connectivity index (χ1) is 6.75. The van der Waals surface area contributed by atoms with E-state index in [9.17, 15) is 4.79 Å². The molecule has 0 bridgehead atoms. The van der Waals surface area contributed by atoms with Crippen molar-refractivity contribution in [2.45, 2.75) is 25.8 Å². The van der Waals surface area contributed by atoms with E-state index in [1.54, 1.807) is 6.08 Å². The van der Waals surface area contributed by atoms with Gasteiger partial charge in [0.2, 0.25) is 0 Å². The fourth-order valence-corrected chi connectivity index (χ4v) is 1.48. The summed E-state index contributed by atoms with van der Waals surface area (Å²) in [5.41, 5.74) is 0.985. The van der Waals surface area contributed by atoms with Crippen molar-refractivity contribution < 1.29 is 4.79 Å². The van der Waals surface area contributed by atoms with Crippen molar-refractivity contribution in [3.8, 4) is 0 Å². The lowest BCUT2D eigenvalue weighted by Crippen LogP contribution is -2.18. The first-order valence-electron chi connectivity index (χ1n) is 4.61. The zero-order valence-corrected chi connectivity index (χ0v) is 7.95. The minimum absolute atomic E-state index is 0.0645. The number of rotatable bonds is 3. The van der Waals surface area contributed by atoms with Gasteiger partial charge in [-0.15, -0.1) is 0 Å². The van der Waals surface area contributed by atoms with Crippen LogP contribution >= 0.6 is 0 Å². The van der Waals surface area contributed by atoms with Crippen LogP contribution in [0.3, 0.4) is 0 Å². The van der Waals surface area contributed by atoms with Crippen molar-refractivity contribution in [2.75, 3.05) is 0 Å². The van der Waals surface area contributed by atoms with Crippen LogP contribution in [0.25, 0.3) is 0 Å². The fourth-order valence-electron chi connectivity index (χ4n) is 1.48. The Balaban J connectivity index is 1.98. The third kappa shape index (κ3) is 1.81. The van der Waals surface area contributed by atoms with E-state index < -0.39 is 0 Å². The summed E-state index contributed by atoms with van der Waals surface area (Å²) < 4.78 is 0. The van der Waals surface area contributed by atoms with Crippen LogP contribution in [0.1, 0.15) is 31.6 Å². The number of ketones is 1. The summed E-state index contributed by atoms with van der Waals surface area (Å²) in [6, 6.07) is 0.0645. The molecule has 1 unspecified atom stereocenters. The molecule has 0 aliphatic heterocycles.